The molecule has 2 aromatic carbocycles. The van der Waals surface area contributed by atoms with Crippen LogP contribution in [0, 0.1) is 0 Å². The van der Waals surface area contributed by atoms with E-state index in [1.54, 1.807) is 0 Å². The van der Waals surface area contributed by atoms with E-state index in [9.17, 15) is 0 Å². The molecule has 0 heterocycles. The van der Waals surface area contributed by atoms with Gasteiger partial charge in [0, 0.05) is 0 Å². The van der Waals surface area contributed by atoms with E-state index in [-0.39, 0.29) is 0 Å². The molecule has 3 heteroatoms. The number of benzene rings is 2. The Kier molecular flexibility index (Phi) is 2.86. The predicted molar refractivity (Wildman–Crippen MR) is 67.2 cm³/mol. The first-order chi connectivity index (χ1) is 6.29. The lowest BCUT2D eigenvalue weighted by Crippen LogP contribution is -2.17. The summed E-state index contributed by atoms with van der Waals surface area (Å²) < 4.78 is 0. The highest BCUT2D eigenvalue weighted by molar-refractivity contribution is 9.49. The van der Waals surface area contributed by atoms with Gasteiger partial charge in [-0.1, -0.05) is 42.5 Å². The first kappa shape index (κ1) is 9.43. The van der Waals surface area contributed by atoms with Gasteiger partial charge in [-0.3, -0.25) is 0 Å². The molecule has 0 fully saturated rings. The Hall–Kier alpha value is -0.123. The van der Waals surface area contributed by atoms with Crippen molar-refractivity contribution in [1.29, 1.82) is 0 Å². The van der Waals surface area contributed by atoms with Crippen LogP contribution in [0.5, 0.6) is 0 Å². The Balaban J connectivity index is 2.76. The van der Waals surface area contributed by atoms with Gasteiger partial charge in [0.2, 0.25) is 6.04 Å². The van der Waals surface area contributed by atoms with Crippen molar-refractivity contribution < 1.29 is 0 Å². The first-order valence-corrected chi connectivity index (χ1v) is 9.96. The zero-order chi connectivity index (χ0) is 9.26. The topological polar surface area (TPSA) is 0 Å². The fourth-order valence-electron chi connectivity index (χ4n) is 1.39. The molecule has 0 aliphatic rings. The van der Waals surface area contributed by atoms with E-state index in [1.807, 2.05) is 0 Å². The van der Waals surface area contributed by atoms with Gasteiger partial charge in [-0.2, -0.15) is 0 Å². The highest BCUT2D eigenvalue weighted by Gasteiger charge is 2.08. The fourth-order valence-corrected chi connectivity index (χ4v) is 4.12. The van der Waals surface area contributed by atoms with Gasteiger partial charge >= 0.3 is 0 Å². The summed E-state index contributed by atoms with van der Waals surface area (Å²) in [5, 5.41) is 4.03. The lowest BCUT2D eigenvalue weighted by Gasteiger charge is -2.04. The van der Waals surface area contributed by atoms with Crippen LogP contribution in [0.25, 0.3) is 10.8 Å². The Bertz CT molecular complexity index is 421. The van der Waals surface area contributed by atoms with Crippen molar-refractivity contribution >= 4 is 52.6 Å². The molecule has 0 saturated heterocycles. The third kappa shape index (κ3) is 1.87. The molecule has 0 aliphatic heterocycles. The Morgan fingerprint density at radius 3 is 2.31 bits per heavy atom. The summed E-state index contributed by atoms with van der Waals surface area (Å²) in [7, 11) is 0. The molecule has 0 N–H and O–H groups in total. The average Bonchev–Trinajstić information content (AvgIpc) is 2.17. The maximum Gasteiger partial charge on any atom is 0.249 e. The van der Waals surface area contributed by atoms with E-state index in [0.717, 1.165) is 0 Å². The maximum absolute atomic E-state index is 3.62. The maximum atomic E-state index is 3.62. The highest BCUT2D eigenvalue weighted by atomic mass is 79.9. The Labute approximate surface area is 94.7 Å². The minimum atomic E-state index is -0.712. The van der Waals surface area contributed by atoms with Crippen LogP contribution >= 0.6 is 30.6 Å². The fraction of sp³-hybridized carbons (Fsp3) is 0. The normalized spacial score (nSPS) is 11.0. The molecule has 0 nitrogen and oxygen atoms in total. The van der Waals surface area contributed by atoms with Crippen LogP contribution < -0.4 is 5.19 Å². The van der Waals surface area contributed by atoms with Crippen molar-refractivity contribution in [3.63, 3.8) is 0 Å². The lowest BCUT2D eigenvalue weighted by molar-refractivity contribution is 1.78. The molecule has 0 unspecified atom stereocenters. The van der Waals surface area contributed by atoms with Gasteiger partial charge < -0.3 is 0 Å². The van der Waals surface area contributed by atoms with Gasteiger partial charge in [0.05, 0.1) is 0 Å². The van der Waals surface area contributed by atoms with E-state index >= 15 is 0 Å². The lowest BCUT2D eigenvalue weighted by atomic mass is 10.1. The van der Waals surface area contributed by atoms with Gasteiger partial charge in [-0.05, 0) is 16.0 Å². The van der Waals surface area contributed by atoms with Gasteiger partial charge in [0.25, 0.3) is 0 Å². The summed E-state index contributed by atoms with van der Waals surface area (Å²) in [6.07, 6.45) is 0. The Morgan fingerprint density at radius 1 is 0.846 bits per heavy atom. The summed E-state index contributed by atoms with van der Waals surface area (Å²) in [5.74, 6) is 0. The van der Waals surface area contributed by atoms with Gasteiger partial charge in [0.15, 0.2) is 0 Å². The quantitative estimate of drug-likeness (QED) is 0.559. The summed E-state index contributed by atoms with van der Waals surface area (Å²) in [6.45, 7) is 0. The summed E-state index contributed by atoms with van der Waals surface area (Å²) >= 11 is 7.24. The molecule has 65 valence electrons. The van der Waals surface area contributed by atoms with Crippen molar-refractivity contribution in [2.75, 3.05) is 0 Å². The number of halogens is 2. The molecule has 2 rings (SSSR count). The van der Waals surface area contributed by atoms with Gasteiger partial charge in [0.1, 0.15) is 0 Å². The summed E-state index contributed by atoms with van der Waals surface area (Å²) in [6, 6.07) is 14.2. The number of rotatable bonds is 1. The van der Waals surface area contributed by atoms with E-state index in [4.69, 9.17) is 0 Å². The molecule has 0 aromatic heterocycles. The van der Waals surface area contributed by atoms with Crippen LogP contribution in [-0.2, 0) is 0 Å². The van der Waals surface area contributed by atoms with Crippen LogP contribution in [0.1, 0.15) is 0 Å². The van der Waals surface area contributed by atoms with Crippen molar-refractivity contribution in [2.24, 2.45) is 0 Å². The van der Waals surface area contributed by atoms with Crippen molar-refractivity contribution in [2.45, 2.75) is 0 Å². The van der Waals surface area contributed by atoms with Crippen LogP contribution in [0.3, 0.4) is 0 Å². The monoisotopic (exact) mass is 313 g/mol. The molecule has 0 atom stereocenters. The van der Waals surface area contributed by atoms with E-state index in [0.29, 0.717) is 0 Å². The summed E-state index contributed by atoms with van der Waals surface area (Å²) in [4.78, 5) is 0. The second-order valence-corrected chi connectivity index (χ2v) is 11.8. The van der Waals surface area contributed by atoms with Gasteiger partial charge in [-0.15, -0.1) is 30.6 Å². The molecule has 2 aromatic rings. The van der Waals surface area contributed by atoms with Crippen LogP contribution in [0.2, 0.25) is 0 Å². The van der Waals surface area contributed by atoms with E-state index in [1.165, 1.54) is 16.0 Å². The Morgan fingerprint density at radius 2 is 1.54 bits per heavy atom. The second kappa shape index (κ2) is 3.94. The number of hydrogen-bond acceptors (Lipinski definition) is 0. The molecule has 0 spiro atoms. The molecular formula is C10H7Br2Si. The molecule has 1 radical (unpaired) electrons. The molecule has 0 saturated carbocycles. The zero-order valence-corrected chi connectivity index (χ0v) is 11.0. The SMILES string of the molecule is Br[Si](Br)c1cccc2ccccc12. The smallest absolute Gasteiger partial charge is 0.106 e. The minimum Gasteiger partial charge on any atom is -0.106 e. The first-order valence-electron chi connectivity index (χ1n) is 3.95. The minimum absolute atomic E-state index is 0.712. The molecular weight excluding hydrogens is 308 g/mol. The highest BCUT2D eigenvalue weighted by Crippen LogP contribution is 2.14. The largest absolute Gasteiger partial charge is 0.249 e. The molecule has 0 amide bonds. The standard InChI is InChI=1S/C10H7Br2Si/c11-13(12)10-7-3-5-8-4-1-2-6-9(8)10/h1-7H. The van der Waals surface area contributed by atoms with Crippen molar-refractivity contribution in [3.05, 3.63) is 42.5 Å². The van der Waals surface area contributed by atoms with Crippen LogP contribution in [-0.4, -0.2) is 6.04 Å². The van der Waals surface area contributed by atoms with Crippen LogP contribution in [0.15, 0.2) is 42.5 Å². The third-order valence-electron chi connectivity index (χ3n) is 1.99. The third-order valence-corrected chi connectivity index (χ3v) is 5.40. The van der Waals surface area contributed by atoms with E-state index < -0.39 is 6.04 Å². The van der Waals surface area contributed by atoms with Crippen molar-refractivity contribution in [1.82, 2.24) is 0 Å². The van der Waals surface area contributed by atoms with Gasteiger partial charge in [-0.25, -0.2) is 0 Å². The number of hydrogen-bond donors (Lipinski definition) is 0. The van der Waals surface area contributed by atoms with Crippen LogP contribution in [0.4, 0.5) is 0 Å². The zero-order valence-electron chi connectivity index (χ0n) is 6.80. The number of fused-ring (bicyclic) bond motifs is 1. The van der Waals surface area contributed by atoms with E-state index in [2.05, 4.69) is 73.0 Å². The molecule has 0 aliphatic carbocycles. The average molecular weight is 315 g/mol. The molecule has 0 bridgehead atoms. The predicted octanol–water partition coefficient (Wildman–Crippen LogP) is 3.32. The summed E-state index contributed by atoms with van der Waals surface area (Å²) in [5.41, 5.74) is 0. The molecule has 13 heavy (non-hydrogen) atoms. The van der Waals surface area contributed by atoms with Crippen molar-refractivity contribution in [3.8, 4) is 0 Å². The second-order valence-electron chi connectivity index (χ2n) is 2.79.